The summed E-state index contributed by atoms with van der Waals surface area (Å²) in [7, 11) is 0. The van der Waals surface area contributed by atoms with Crippen molar-refractivity contribution in [3.05, 3.63) is 29.6 Å². The zero-order chi connectivity index (χ0) is 17.9. The molecule has 1 aliphatic rings. The zero-order valence-electron chi connectivity index (χ0n) is 13.7. The van der Waals surface area contributed by atoms with E-state index in [1.54, 1.807) is 20.8 Å². The lowest BCUT2D eigenvalue weighted by molar-refractivity contribution is -0.119. The highest BCUT2D eigenvalue weighted by Gasteiger charge is 2.23. The number of rotatable bonds is 3. The number of ether oxygens (including phenoxy) is 1. The minimum Gasteiger partial charge on any atom is -0.456 e. The van der Waals surface area contributed by atoms with Crippen molar-refractivity contribution in [2.24, 2.45) is 0 Å². The molecule has 130 valence electrons. The van der Waals surface area contributed by atoms with Gasteiger partial charge in [0.1, 0.15) is 11.4 Å². The summed E-state index contributed by atoms with van der Waals surface area (Å²) in [6.07, 6.45) is 0.188. The van der Waals surface area contributed by atoms with E-state index in [1.165, 1.54) is 12.1 Å². The molecule has 0 aromatic heterocycles. The van der Waals surface area contributed by atoms with Crippen LogP contribution in [0.15, 0.2) is 18.2 Å². The second kappa shape index (κ2) is 6.86. The minimum absolute atomic E-state index is 0.0546. The van der Waals surface area contributed by atoms with Crippen molar-refractivity contribution in [3.8, 4) is 0 Å². The number of hydrogen-bond acceptors (Lipinski definition) is 4. The van der Waals surface area contributed by atoms with Gasteiger partial charge in [0.2, 0.25) is 5.91 Å². The highest BCUT2D eigenvalue weighted by Crippen LogP contribution is 2.18. The summed E-state index contributed by atoms with van der Waals surface area (Å²) in [4.78, 5) is 34.8. The van der Waals surface area contributed by atoms with E-state index in [1.807, 2.05) is 0 Å². The Bertz CT molecular complexity index is 670. The molecule has 0 spiro atoms. The first-order valence-corrected chi connectivity index (χ1v) is 7.51. The molecule has 7 nitrogen and oxygen atoms in total. The zero-order valence-corrected chi connectivity index (χ0v) is 13.7. The molecule has 24 heavy (non-hydrogen) atoms. The average molecular weight is 337 g/mol. The second-order valence-electron chi connectivity index (χ2n) is 6.50. The molecule has 1 unspecified atom stereocenters. The molecule has 1 saturated heterocycles. The maximum Gasteiger partial charge on any atom is 0.338 e. The number of nitrogens with one attached hydrogen (secondary N) is 3. The van der Waals surface area contributed by atoms with Crippen LogP contribution in [0.5, 0.6) is 0 Å². The first-order chi connectivity index (χ1) is 11.1. The van der Waals surface area contributed by atoms with Crippen molar-refractivity contribution in [1.29, 1.82) is 0 Å². The fourth-order valence-corrected chi connectivity index (χ4v) is 2.13. The van der Waals surface area contributed by atoms with Crippen LogP contribution in [0.3, 0.4) is 0 Å². The van der Waals surface area contributed by atoms with E-state index < -0.39 is 23.4 Å². The number of amides is 3. The van der Waals surface area contributed by atoms with E-state index in [0.29, 0.717) is 6.54 Å². The summed E-state index contributed by atoms with van der Waals surface area (Å²) in [6, 6.07) is 2.70. The molecule has 1 aliphatic heterocycles. The van der Waals surface area contributed by atoms with Crippen LogP contribution < -0.4 is 16.0 Å². The second-order valence-corrected chi connectivity index (χ2v) is 6.50. The maximum atomic E-state index is 14.1. The standard InChI is InChI=1S/C16H20FN3O4/c1-16(2,3)24-14(22)9-4-5-12(11(17)6-9)20-15(23)19-10-7-13(21)18-8-10/h4-6,10H,7-8H2,1-3H3,(H,18,21)(H2,19,20,23). The number of halogens is 1. The largest absolute Gasteiger partial charge is 0.456 e. The monoisotopic (exact) mass is 337 g/mol. The van der Waals surface area contributed by atoms with Crippen LogP contribution in [0.4, 0.5) is 14.9 Å². The summed E-state index contributed by atoms with van der Waals surface area (Å²) in [5.74, 6) is -1.55. The predicted octanol–water partition coefficient (Wildman–Crippen LogP) is 1.79. The van der Waals surface area contributed by atoms with Gasteiger partial charge in [-0.05, 0) is 39.0 Å². The Morgan fingerprint density at radius 2 is 2.04 bits per heavy atom. The van der Waals surface area contributed by atoms with Gasteiger partial charge in [-0.25, -0.2) is 14.0 Å². The Balaban J connectivity index is 1.98. The molecular weight excluding hydrogens is 317 g/mol. The molecule has 3 N–H and O–H groups in total. The number of hydrogen-bond donors (Lipinski definition) is 3. The van der Waals surface area contributed by atoms with Gasteiger partial charge in [0.15, 0.2) is 0 Å². The highest BCUT2D eigenvalue weighted by molar-refractivity contribution is 5.93. The molecule has 1 aromatic carbocycles. The molecule has 0 saturated carbocycles. The molecule has 0 radical (unpaired) electrons. The summed E-state index contributed by atoms with van der Waals surface area (Å²) in [5.41, 5.74) is -0.701. The Kier molecular flexibility index (Phi) is 5.06. The van der Waals surface area contributed by atoms with Gasteiger partial charge >= 0.3 is 12.0 Å². The summed E-state index contributed by atoms with van der Waals surface area (Å²) < 4.78 is 19.2. The van der Waals surface area contributed by atoms with Crippen LogP contribution in [0, 0.1) is 5.82 Å². The van der Waals surface area contributed by atoms with Gasteiger partial charge in [-0.15, -0.1) is 0 Å². The molecular formula is C16H20FN3O4. The molecule has 1 atom stereocenters. The summed E-state index contributed by atoms with van der Waals surface area (Å²) in [5, 5.41) is 7.49. The van der Waals surface area contributed by atoms with Crippen molar-refractivity contribution in [2.45, 2.75) is 38.8 Å². The van der Waals surface area contributed by atoms with Crippen molar-refractivity contribution < 1.29 is 23.5 Å². The van der Waals surface area contributed by atoms with Gasteiger partial charge in [-0.3, -0.25) is 4.79 Å². The van der Waals surface area contributed by atoms with Crippen LogP contribution in [-0.4, -0.2) is 36.1 Å². The highest BCUT2D eigenvalue weighted by atomic mass is 19.1. The Morgan fingerprint density at radius 1 is 1.33 bits per heavy atom. The number of urea groups is 1. The molecule has 0 aliphatic carbocycles. The van der Waals surface area contributed by atoms with Crippen molar-refractivity contribution in [3.63, 3.8) is 0 Å². The van der Waals surface area contributed by atoms with Crippen molar-refractivity contribution in [1.82, 2.24) is 10.6 Å². The van der Waals surface area contributed by atoms with Gasteiger partial charge in [0.05, 0.1) is 17.3 Å². The van der Waals surface area contributed by atoms with Gasteiger partial charge < -0.3 is 20.7 Å². The third-order valence-corrected chi connectivity index (χ3v) is 3.16. The van der Waals surface area contributed by atoms with E-state index in [9.17, 15) is 18.8 Å². The Morgan fingerprint density at radius 3 is 2.58 bits per heavy atom. The summed E-state index contributed by atoms with van der Waals surface area (Å²) in [6.45, 7) is 5.48. The molecule has 2 rings (SSSR count). The third-order valence-electron chi connectivity index (χ3n) is 3.16. The van der Waals surface area contributed by atoms with Gasteiger partial charge in [0, 0.05) is 13.0 Å². The number of benzene rings is 1. The SMILES string of the molecule is CC(C)(C)OC(=O)c1ccc(NC(=O)NC2CNC(=O)C2)c(F)c1. The van der Waals surface area contributed by atoms with Crippen LogP contribution in [0.25, 0.3) is 0 Å². The molecule has 1 fully saturated rings. The fraction of sp³-hybridized carbons (Fsp3) is 0.438. The summed E-state index contributed by atoms with van der Waals surface area (Å²) >= 11 is 0. The number of carbonyl (C=O) groups excluding carboxylic acids is 3. The van der Waals surface area contributed by atoms with Crippen LogP contribution >= 0.6 is 0 Å². The topological polar surface area (TPSA) is 96.5 Å². The Labute approximate surface area is 138 Å². The molecule has 1 aromatic rings. The molecule has 3 amide bonds. The molecule has 0 bridgehead atoms. The van der Waals surface area contributed by atoms with Gasteiger partial charge in [-0.2, -0.15) is 0 Å². The lowest BCUT2D eigenvalue weighted by Crippen LogP contribution is -2.39. The fourth-order valence-electron chi connectivity index (χ4n) is 2.13. The normalized spacial score (nSPS) is 17.2. The number of anilines is 1. The van der Waals surface area contributed by atoms with E-state index in [4.69, 9.17) is 4.74 Å². The smallest absolute Gasteiger partial charge is 0.338 e. The van der Waals surface area contributed by atoms with Gasteiger partial charge in [-0.1, -0.05) is 0 Å². The first kappa shape index (κ1) is 17.7. The van der Waals surface area contributed by atoms with Crippen LogP contribution in [0.2, 0.25) is 0 Å². The van der Waals surface area contributed by atoms with Crippen molar-refractivity contribution in [2.75, 3.05) is 11.9 Å². The average Bonchev–Trinajstić information content (AvgIpc) is 2.84. The number of esters is 1. The van der Waals surface area contributed by atoms with E-state index >= 15 is 0 Å². The van der Waals surface area contributed by atoms with Crippen LogP contribution in [-0.2, 0) is 9.53 Å². The van der Waals surface area contributed by atoms with Gasteiger partial charge in [0.25, 0.3) is 0 Å². The molecule has 8 heteroatoms. The van der Waals surface area contributed by atoms with E-state index in [0.717, 1.165) is 6.07 Å². The lowest BCUT2D eigenvalue weighted by Gasteiger charge is -2.19. The van der Waals surface area contributed by atoms with Crippen LogP contribution in [0.1, 0.15) is 37.6 Å². The third kappa shape index (κ3) is 4.94. The van der Waals surface area contributed by atoms with Crippen molar-refractivity contribution >= 4 is 23.6 Å². The maximum absolute atomic E-state index is 14.1. The number of carbonyl (C=O) groups is 3. The van der Waals surface area contributed by atoms with E-state index in [-0.39, 0.29) is 29.6 Å². The quantitative estimate of drug-likeness (QED) is 0.733. The Hall–Kier alpha value is -2.64. The minimum atomic E-state index is -0.755. The predicted molar refractivity (Wildman–Crippen MR) is 85.1 cm³/mol. The lowest BCUT2D eigenvalue weighted by atomic mass is 10.1. The molecule has 1 heterocycles. The first-order valence-electron chi connectivity index (χ1n) is 7.51. The van der Waals surface area contributed by atoms with E-state index in [2.05, 4.69) is 16.0 Å².